The molecule has 2 aromatic carbocycles. The number of likely N-dealkylation sites (N-methyl/N-ethyl adjacent to an activating group) is 1. The van der Waals surface area contributed by atoms with Crippen LogP contribution in [0.2, 0.25) is 0 Å². The van der Waals surface area contributed by atoms with Crippen LogP contribution in [0.1, 0.15) is 23.0 Å². The Morgan fingerprint density at radius 3 is 2.54 bits per heavy atom. The van der Waals surface area contributed by atoms with Gasteiger partial charge in [0.2, 0.25) is 5.91 Å². The highest BCUT2D eigenvalue weighted by molar-refractivity contribution is 6.10. The van der Waals surface area contributed by atoms with Crippen LogP contribution in [0.3, 0.4) is 0 Å². The predicted molar refractivity (Wildman–Crippen MR) is 111 cm³/mol. The van der Waals surface area contributed by atoms with Crippen molar-refractivity contribution in [2.24, 2.45) is 0 Å². The van der Waals surface area contributed by atoms with Crippen LogP contribution in [0.25, 0.3) is 10.9 Å². The monoisotopic (exact) mass is 379 g/mol. The van der Waals surface area contributed by atoms with E-state index >= 15 is 0 Å². The highest BCUT2D eigenvalue weighted by Gasteiger charge is 2.20. The standard InChI is InChI=1S/C22H25N3O3/c1-4-25(14-21(27)24-18-11-7-8-12-20(18)28-3)13-19(26)22-15(2)23-17-10-6-5-9-16(17)22/h5-12,23H,4,13-14H2,1-3H3,(H,24,27). The zero-order valence-corrected chi connectivity index (χ0v) is 16.4. The lowest BCUT2D eigenvalue weighted by molar-refractivity contribution is -0.117. The maximum atomic E-state index is 12.9. The quantitative estimate of drug-likeness (QED) is 0.586. The van der Waals surface area contributed by atoms with Gasteiger partial charge in [-0.2, -0.15) is 0 Å². The first-order valence-electron chi connectivity index (χ1n) is 9.29. The Balaban J connectivity index is 1.69. The molecule has 1 aromatic heterocycles. The molecule has 0 aliphatic rings. The number of aryl methyl sites for hydroxylation is 1. The molecule has 6 heteroatoms. The number of nitrogens with zero attached hydrogens (tertiary/aromatic N) is 1. The first kappa shape index (κ1) is 19.6. The Labute approximate surface area is 164 Å². The van der Waals surface area contributed by atoms with E-state index in [-0.39, 0.29) is 24.8 Å². The third kappa shape index (κ3) is 4.23. The van der Waals surface area contributed by atoms with Gasteiger partial charge in [0.05, 0.1) is 25.9 Å². The second-order valence-electron chi connectivity index (χ2n) is 6.65. The van der Waals surface area contributed by atoms with Crippen molar-refractivity contribution < 1.29 is 14.3 Å². The van der Waals surface area contributed by atoms with E-state index in [1.54, 1.807) is 19.2 Å². The van der Waals surface area contributed by atoms with Crippen molar-refractivity contribution in [2.45, 2.75) is 13.8 Å². The molecule has 0 radical (unpaired) electrons. The molecule has 0 saturated heterocycles. The van der Waals surface area contributed by atoms with E-state index in [1.807, 2.05) is 55.1 Å². The van der Waals surface area contributed by atoms with Gasteiger partial charge in [0.15, 0.2) is 5.78 Å². The van der Waals surface area contributed by atoms with Crippen molar-refractivity contribution in [3.8, 4) is 5.75 Å². The van der Waals surface area contributed by atoms with E-state index < -0.39 is 0 Å². The number of hydrogen-bond acceptors (Lipinski definition) is 4. The lowest BCUT2D eigenvalue weighted by Crippen LogP contribution is -2.37. The second-order valence-corrected chi connectivity index (χ2v) is 6.65. The first-order valence-corrected chi connectivity index (χ1v) is 9.29. The van der Waals surface area contributed by atoms with Crippen molar-refractivity contribution in [2.75, 3.05) is 32.1 Å². The third-order valence-corrected chi connectivity index (χ3v) is 4.74. The van der Waals surface area contributed by atoms with Gasteiger partial charge in [0.1, 0.15) is 5.75 Å². The number of methoxy groups -OCH3 is 1. The van der Waals surface area contributed by atoms with Crippen molar-refractivity contribution in [1.82, 2.24) is 9.88 Å². The van der Waals surface area contributed by atoms with Crippen LogP contribution in [0.15, 0.2) is 48.5 Å². The summed E-state index contributed by atoms with van der Waals surface area (Å²) in [4.78, 5) is 30.5. The van der Waals surface area contributed by atoms with Gasteiger partial charge in [0, 0.05) is 22.2 Å². The minimum Gasteiger partial charge on any atom is -0.495 e. The number of fused-ring (bicyclic) bond motifs is 1. The minimum absolute atomic E-state index is 0.00175. The summed E-state index contributed by atoms with van der Waals surface area (Å²) >= 11 is 0. The molecular formula is C22H25N3O3. The molecule has 1 amide bonds. The molecule has 3 rings (SSSR count). The number of anilines is 1. The number of hydrogen-bond donors (Lipinski definition) is 2. The number of amides is 1. The normalized spacial score (nSPS) is 11.0. The summed E-state index contributed by atoms with van der Waals surface area (Å²) in [7, 11) is 1.56. The SMILES string of the molecule is CCN(CC(=O)Nc1ccccc1OC)CC(=O)c1c(C)[nH]c2ccccc12. The molecule has 6 nitrogen and oxygen atoms in total. The molecule has 0 bridgehead atoms. The highest BCUT2D eigenvalue weighted by atomic mass is 16.5. The molecule has 2 N–H and O–H groups in total. The molecular weight excluding hydrogens is 354 g/mol. The van der Waals surface area contributed by atoms with Crippen LogP contribution >= 0.6 is 0 Å². The Hall–Kier alpha value is -3.12. The van der Waals surface area contributed by atoms with Crippen LogP contribution in [0.5, 0.6) is 5.75 Å². The van der Waals surface area contributed by atoms with E-state index in [2.05, 4.69) is 10.3 Å². The second kappa shape index (κ2) is 8.71. The van der Waals surface area contributed by atoms with Gasteiger partial charge in [-0.15, -0.1) is 0 Å². The number of aromatic nitrogens is 1. The van der Waals surface area contributed by atoms with E-state index in [1.165, 1.54) is 0 Å². The van der Waals surface area contributed by atoms with Gasteiger partial charge in [-0.05, 0) is 31.7 Å². The summed E-state index contributed by atoms with van der Waals surface area (Å²) in [5.41, 5.74) is 3.10. The number of ketones is 1. The Morgan fingerprint density at radius 2 is 1.79 bits per heavy atom. The fourth-order valence-corrected chi connectivity index (χ4v) is 3.34. The van der Waals surface area contributed by atoms with E-state index in [4.69, 9.17) is 4.74 Å². The first-order chi connectivity index (χ1) is 13.5. The summed E-state index contributed by atoms with van der Waals surface area (Å²) in [6.07, 6.45) is 0. The Bertz CT molecular complexity index is 994. The summed E-state index contributed by atoms with van der Waals surface area (Å²) in [5, 5.41) is 3.77. The Kier molecular flexibility index (Phi) is 6.11. The van der Waals surface area contributed by atoms with Gasteiger partial charge in [-0.3, -0.25) is 14.5 Å². The number of nitrogens with one attached hydrogen (secondary N) is 2. The lowest BCUT2D eigenvalue weighted by Gasteiger charge is -2.19. The number of rotatable bonds is 8. The van der Waals surface area contributed by atoms with Crippen molar-refractivity contribution in [3.63, 3.8) is 0 Å². The summed E-state index contributed by atoms with van der Waals surface area (Å²) in [6, 6.07) is 15.0. The maximum Gasteiger partial charge on any atom is 0.238 e. The summed E-state index contributed by atoms with van der Waals surface area (Å²) < 4.78 is 5.26. The van der Waals surface area contributed by atoms with Crippen LogP contribution in [0.4, 0.5) is 5.69 Å². The van der Waals surface area contributed by atoms with Crippen LogP contribution in [0, 0.1) is 6.92 Å². The largest absolute Gasteiger partial charge is 0.495 e. The molecule has 0 aliphatic carbocycles. The topological polar surface area (TPSA) is 74.4 Å². The molecule has 0 unspecified atom stereocenters. The molecule has 0 spiro atoms. The molecule has 0 fully saturated rings. The summed E-state index contributed by atoms with van der Waals surface area (Å²) in [5.74, 6) is 0.418. The minimum atomic E-state index is -0.185. The fraction of sp³-hybridized carbons (Fsp3) is 0.273. The molecule has 28 heavy (non-hydrogen) atoms. The van der Waals surface area contributed by atoms with Crippen LogP contribution in [-0.2, 0) is 4.79 Å². The van der Waals surface area contributed by atoms with Gasteiger partial charge < -0.3 is 15.0 Å². The number of carbonyl (C=O) groups excluding carboxylic acids is 2. The fourth-order valence-electron chi connectivity index (χ4n) is 3.34. The maximum absolute atomic E-state index is 12.9. The van der Waals surface area contributed by atoms with Gasteiger partial charge in [-0.25, -0.2) is 0 Å². The van der Waals surface area contributed by atoms with Gasteiger partial charge in [0.25, 0.3) is 0 Å². The third-order valence-electron chi connectivity index (χ3n) is 4.74. The van der Waals surface area contributed by atoms with Gasteiger partial charge >= 0.3 is 0 Å². The molecule has 0 aliphatic heterocycles. The Morgan fingerprint density at radius 1 is 1.07 bits per heavy atom. The average Bonchev–Trinajstić information content (AvgIpc) is 3.03. The average molecular weight is 379 g/mol. The molecule has 0 atom stereocenters. The number of H-pyrrole nitrogens is 1. The van der Waals surface area contributed by atoms with Crippen molar-refractivity contribution in [3.05, 3.63) is 59.8 Å². The smallest absolute Gasteiger partial charge is 0.238 e. The summed E-state index contributed by atoms with van der Waals surface area (Å²) in [6.45, 7) is 4.73. The predicted octanol–water partition coefficient (Wildman–Crippen LogP) is 3.63. The van der Waals surface area contributed by atoms with Crippen LogP contribution in [-0.4, -0.2) is 48.3 Å². The number of para-hydroxylation sites is 3. The highest BCUT2D eigenvalue weighted by Crippen LogP contribution is 2.24. The molecule has 146 valence electrons. The molecule has 1 heterocycles. The zero-order chi connectivity index (χ0) is 20.1. The van der Waals surface area contributed by atoms with E-state index in [0.29, 0.717) is 23.5 Å². The van der Waals surface area contributed by atoms with E-state index in [9.17, 15) is 9.59 Å². The van der Waals surface area contributed by atoms with Crippen LogP contribution < -0.4 is 10.1 Å². The number of Topliss-reactive ketones (excluding diaryl/α,β-unsaturated/α-hetero) is 1. The zero-order valence-electron chi connectivity index (χ0n) is 16.4. The number of carbonyl (C=O) groups is 2. The van der Waals surface area contributed by atoms with Crippen molar-refractivity contribution >= 4 is 28.3 Å². The lowest BCUT2D eigenvalue weighted by atomic mass is 10.1. The van der Waals surface area contributed by atoms with Gasteiger partial charge in [-0.1, -0.05) is 37.3 Å². The molecule has 3 aromatic rings. The van der Waals surface area contributed by atoms with E-state index in [0.717, 1.165) is 16.6 Å². The number of ether oxygens (including phenoxy) is 1. The van der Waals surface area contributed by atoms with Crippen molar-refractivity contribution in [1.29, 1.82) is 0 Å². The number of aromatic amines is 1. The molecule has 0 saturated carbocycles. The number of benzene rings is 2.